The van der Waals surface area contributed by atoms with Crippen LogP contribution in [0.15, 0.2) is 63.0 Å². The number of rotatable bonds is 4. The minimum atomic E-state index is -3.63. The van der Waals surface area contributed by atoms with Crippen LogP contribution in [0.1, 0.15) is 18.1 Å². The first kappa shape index (κ1) is 15.7. The lowest BCUT2D eigenvalue weighted by Gasteiger charge is -2.06. The maximum Gasteiger partial charge on any atom is 0.276 e. The van der Waals surface area contributed by atoms with Crippen molar-refractivity contribution in [2.24, 2.45) is 5.10 Å². The summed E-state index contributed by atoms with van der Waals surface area (Å²) in [7, 11) is -3.63. The highest BCUT2D eigenvalue weighted by Crippen LogP contribution is 2.17. The zero-order chi connectivity index (χ0) is 15.5. The van der Waals surface area contributed by atoms with E-state index in [1.165, 1.54) is 12.1 Å². The number of halogens is 1. The van der Waals surface area contributed by atoms with Gasteiger partial charge in [0, 0.05) is 4.47 Å². The summed E-state index contributed by atoms with van der Waals surface area (Å²) in [5.41, 5.74) is 2.53. The van der Waals surface area contributed by atoms with Crippen LogP contribution in [0.25, 0.3) is 0 Å². The number of nitrogens with zero attached hydrogens (tertiary/aromatic N) is 1. The van der Waals surface area contributed by atoms with Crippen LogP contribution < -0.4 is 4.83 Å². The van der Waals surface area contributed by atoms with Crippen LogP contribution in [0.3, 0.4) is 0 Å². The van der Waals surface area contributed by atoms with Crippen LogP contribution in [0, 0.1) is 6.92 Å². The summed E-state index contributed by atoms with van der Waals surface area (Å²) >= 11 is 3.43. The smallest absolute Gasteiger partial charge is 0.200 e. The van der Waals surface area contributed by atoms with Crippen molar-refractivity contribution in [3.05, 3.63) is 64.1 Å². The van der Waals surface area contributed by atoms with E-state index in [0.717, 1.165) is 15.6 Å². The predicted molar refractivity (Wildman–Crippen MR) is 87.9 cm³/mol. The van der Waals surface area contributed by atoms with Crippen molar-refractivity contribution in [2.45, 2.75) is 18.7 Å². The molecular formula is C15H15BrN2O2S. The number of hydrazone groups is 1. The summed E-state index contributed by atoms with van der Waals surface area (Å²) in [5.74, 6) is 0. The fraction of sp³-hybridized carbons (Fsp3) is 0.133. The van der Waals surface area contributed by atoms with Gasteiger partial charge in [-0.1, -0.05) is 40.2 Å². The number of sulfonamides is 1. The van der Waals surface area contributed by atoms with E-state index in [1.54, 1.807) is 25.1 Å². The molecule has 0 saturated carbocycles. The molecule has 0 saturated heterocycles. The van der Waals surface area contributed by atoms with Gasteiger partial charge in [0.15, 0.2) is 0 Å². The average molecular weight is 367 g/mol. The molecule has 0 aliphatic rings. The van der Waals surface area contributed by atoms with E-state index in [-0.39, 0.29) is 4.90 Å². The third kappa shape index (κ3) is 3.92. The highest BCUT2D eigenvalue weighted by Gasteiger charge is 2.12. The maximum absolute atomic E-state index is 12.1. The Labute approximate surface area is 133 Å². The van der Waals surface area contributed by atoms with E-state index in [1.807, 2.05) is 25.1 Å². The highest BCUT2D eigenvalue weighted by molar-refractivity contribution is 9.10. The molecule has 0 aromatic heterocycles. The van der Waals surface area contributed by atoms with Gasteiger partial charge in [0.05, 0.1) is 10.6 Å². The molecule has 2 aromatic rings. The monoisotopic (exact) mass is 366 g/mol. The van der Waals surface area contributed by atoms with Crippen molar-refractivity contribution in [2.75, 3.05) is 0 Å². The van der Waals surface area contributed by atoms with Crippen LogP contribution in [0.4, 0.5) is 0 Å². The number of nitrogens with one attached hydrogen (secondary N) is 1. The Hall–Kier alpha value is -1.66. The second-order valence-corrected chi connectivity index (χ2v) is 7.08. The molecule has 0 unspecified atom stereocenters. The third-order valence-electron chi connectivity index (χ3n) is 2.96. The third-order valence-corrected chi connectivity index (χ3v) is 5.08. The molecule has 2 aromatic carbocycles. The Morgan fingerprint density at radius 2 is 1.81 bits per heavy atom. The Kier molecular flexibility index (Phi) is 4.80. The molecule has 4 nitrogen and oxygen atoms in total. The molecule has 0 aliphatic carbocycles. The molecule has 0 spiro atoms. The van der Waals surface area contributed by atoms with E-state index < -0.39 is 10.0 Å². The minimum Gasteiger partial charge on any atom is -0.200 e. The maximum atomic E-state index is 12.1. The fourth-order valence-electron chi connectivity index (χ4n) is 1.72. The molecule has 0 heterocycles. The van der Waals surface area contributed by atoms with E-state index in [2.05, 4.69) is 25.9 Å². The summed E-state index contributed by atoms with van der Waals surface area (Å²) in [6.07, 6.45) is 0. The minimum absolute atomic E-state index is 0.188. The van der Waals surface area contributed by atoms with Gasteiger partial charge in [-0.05, 0) is 49.2 Å². The van der Waals surface area contributed by atoms with Gasteiger partial charge in [-0.15, -0.1) is 0 Å². The Bertz CT molecular complexity index is 772. The molecule has 0 atom stereocenters. The van der Waals surface area contributed by atoms with Crippen molar-refractivity contribution >= 4 is 31.7 Å². The molecule has 1 N–H and O–H groups in total. The second-order valence-electron chi connectivity index (χ2n) is 4.57. The van der Waals surface area contributed by atoms with E-state index in [0.29, 0.717) is 5.71 Å². The van der Waals surface area contributed by atoms with Gasteiger partial charge in [0.1, 0.15) is 0 Å². The Balaban J connectivity index is 2.22. The van der Waals surface area contributed by atoms with Crippen LogP contribution in [-0.4, -0.2) is 14.1 Å². The average Bonchev–Trinajstić information content (AvgIpc) is 2.48. The summed E-state index contributed by atoms with van der Waals surface area (Å²) in [6, 6.07) is 13.9. The lowest BCUT2D eigenvalue weighted by molar-refractivity contribution is 0.584. The van der Waals surface area contributed by atoms with Gasteiger partial charge in [-0.2, -0.15) is 18.4 Å². The number of benzene rings is 2. The molecule has 0 radical (unpaired) electrons. The van der Waals surface area contributed by atoms with Crippen LogP contribution in [0.5, 0.6) is 0 Å². The predicted octanol–water partition coefficient (Wildman–Crippen LogP) is 3.46. The zero-order valence-electron chi connectivity index (χ0n) is 11.7. The Morgan fingerprint density at radius 3 is 2.43 bits per heavy atom. The molecule has 2 rings (SSSR count). The molecule has 0 bridgehead atoms. The quantitative estimate of drug-likeness (QED) is 0.665. The summed E-state index contributed by atoms with van der Waals surface area (Å²) < 4.78 is 25.1. The molecule has 110 valence electrons. The van der Waals surface area contributed by atoms with Crippen molar-refractivity contribution in [3.63, 3.8) is 0 Å². The van der Waals surface area contributed by atoms with E-state index in [9.17, 15) is 8.42 Å². The normalized spacial score (nSPS) is 12.2. The van der Waals surface area contributed by atoms with Gasteiger partial charge >= 0.3 is 0 Å². The molecular weight excluding hydrogens is 352 g/mol. The van der Waals surface area contributed by atoms with Gasteiger partial charge in [-0.3, -0.25) is 0 Å². The van der Waals surface area contributed by atoms with Crippen molar-refractivity contribution in [1.82, 2.24) is 4.83 Å². The fourth-order valence-corrected chi connectivity index (χ4v) is 2.84. The molecule has 0 fully saturated rings. The first-order chi connectivity index (χ1) is 9.90. The van der Waals surface area contributed by atoms with Crippen molar-refractivity contribution in [3.8, 4) is 0 Å². The van der Waals surface area contributed by atoms with Crippen LogP contribution in [-0.2, 0) is 10.0 Å². The Morgan fingerprint density at radius 1 is 1.14 bits per heavy atom. The first-order valence-electron chi connectivity index (χ1n) is 6.28. The van der Waals surface area contributed by atoms with E-state index in [4.69, 9.17) is 0 Å². The van der Waals surface area contributed by atoms with Gasteiger partial charge in [-0.25, -0.2) is 0 Å². The largest absolute Gasteiger partial charge is 0.276 e. The first-order valence-corrected chi connectivity index (χ1v) is 8.55. The highest BCUT2D eigenvalue weighted by atomic mass is 79.9. The zero-order valence-corrected chi connectivity index (χ0v) is 14.1. The molecule has 0 amide bonds. The standard InChI is InChI=1S/C15H15BrN2O2S/c1-11-10-13(8-9-15(11)16)12(2)17-18-21(19,20)14-6-4-3-5-7-14/h3-10,18H,1-2H3. The summed E-state index contributed by atoms with van der Waals surface area (Å²) in [6.45, 7) is 3.73. The topological polar surface area (TPSA) is 58.5 Å². The number of hydrogen-bond donors (Lipinski definition) is 1. The van der Waals surface area contributed by atoms with Gasteiger partial charge < -0.3 is 0 Å². The van der Waals surface area contributed by atoms with E-state index >= 15 is 0 Å². The number of aryl methyl sites for hydroxylation is 1. The lowest BCUT2D eigenvalue weighted by Crippen LogP contribution is -2.19. The van der Waals surface area contributed by atoms with Gasteiger partial charge in [0.2, 0.25) is 0 Å². The molecule has 0 aliphatic heterocycles. The molecule has 21 heavy (non-hydrogen) atoms. The summed E-state index contributed by atoms with van der Waals surface area (Å²) in [5, 5.41) is 3.98. The van der Waals surface area contributed by atoms with Crippen LogP contribution >= 0.6 is 15.9 Å². The van der Waals surface area contributed by atoms with Crippen LogP contribution in [0.2, 0.25) is 0 Å². The number of hydrogen-bond acceptors (Lipinski definition) is 3. The van der Waals surface area contributed by atoms with Crippen molar-refractivity contribution in [1.29, 1.82) is 0 Å². The SMILES string of the molecule is CC(=NNS(=O)(=O)c1ccccc1)c1ccc(Br)c(C)c1. The lowest BCUT2D eigenvalue weighted by atomic mass is 10.1. The van der Waals surface area contributed by atoms with Gasteiger partial charge in [0.25, 0.3) is 10.0 Å². The van der Waals surface area contributed by atoms with Crippen molar-refractivity contribution < 1.29 is 8.42 Å². The summed E-state index contributed by atoms with van der Waals surface area (Å²) in [4.78, 5) is 2.44. The molecule has 6 heteroatoms. The second kappa shape index (κ2) is 6.41.